The first-order valence-corrected chi connectivity index (χ1v) is 12.7. The van der Waals surface area contributed by atoms with Crippen molar-refractivity contribution >= 4 is 28.3 Å². The third-order valence-corrected chi connectivity index (χ3v) is 6.28. The van der Waals surface area contributed by atoms with Crippen LogP contribution < -0.4 is 16.0 Å². The van der Waals surface area contributed by atoms with Crippen molar-refractivity contribution in [3.63, 3.8) is 0 Å². The third kappa shape index (κ3) is 6.33. The lowest BCUT2D eigenvalue weighted by Crippen LogP contribution is -2.35. The summed E-state index contributed by atoms with van der Waals surface area (Å²) in [5, 5.41) is 26.8. The molecule has 0 unspecified atom stereocenters. The molecule has 1 aliphatic rings. The van der Waals surface area contributed by atoms with Gasteiger partial charge in [0.1, 0.15) is 11.6 Å². The van der Waals surface area contributed by atoms with Crippen LogP contribution in [0.5, 0.6) is 0 Å². The number of carbonyl (C=O) groups excluding carboxylic acids is 1. The first-order chi connectivity index (χ1) is 18.5. The SMILES string of the molecule is CC.N#Cc1ccc(C(=O)Nc2n[nH]c3ccc(Cc4cc(F)cc(F)c4)cc23)c(NC2CCNCC2)c1. The molecule has 4 N–H and O–H groups in total. The summed E-state index contributed by atoms with van der Waals surface area (Å²) in [4.78, 5) is 13.3. The molecule has 1 aliphatic heterocycles. The smallest absolute Gasteiger partial charge is 0.258 e. The predicted octanol–water partition coefficient (Wildman–Crippen LogP) is 5.75. The zero-order valence-corrected chi connectivity index (χ0v) is 21.4. The minimum Gasteiger partial charge on any atom is -0.382 e. The molecule has 1 amide bonds. The molecule has 1 saturated heterocycles. The molecule has 0 saturated carbocycles. The standard InChI is InChI=1S/C27H24F2N6O.C2H6/c28-19-10-18(11-20(29)14-19)9-16-2-4-24-23(12-16)26(35-34-24)33-27(36)22-3-1-17(15-30)13-25(22)32-21-5-7-31-8-6-21;1-2/h1-4,10-14,21,31-32H,5-9H2,(H2,33,34,35,36);1-2H3. The quantitative estimate of drug-likeness (QED) is 0.261. The zero-order valence-electron chi connectivity index (χ0n) is 21.4. The molecule has 0 bridgehead atoms. The molecule has 9 heteroatoms. The topological polar surface area (TPSA) is 106 Å². The maximum atomic E-state index is 13.6. The number of aromatic amines is 1. The first-order valence-electron chi connectivity index (χ1n) is 12.7. The molecule has 0 spiro atoms. The zero-order chi connectivity index (χ0) is 27.1. The molecule has 4 aromatic rings. The lowest BCUT2D eigenvalue weighted by Gasteiger charge is -2.25. The number of fused-ring (bicyclic) bond motifs is 1. The minimum absolute atomic E-state index is 0.202. The van der Waals surface area contributed by atoms with Gasteiger partial charge in [0, 0.05) is 23.2 Å². The molecule has 0 radical (unpaired) electrons. The van der Waals surface area contributed by atoms with Crippen LogP contribution in [0.2, 0.25) is 0 Å². The van der Waals surface area contributed by atoms with Crippen molar-refractivity contribution < 1.29 is 13.6 Å². The Morgan fingerprint density at radius 3 is 2.47 bits per heavy atom. The average molecular weight is 517 g/mol. The second kappa shape index (κ2) is 12.3. The highest BCUT2D eigenvalue weighted by molar-refractivity contribution is 6.10. The lowest BCUT2D eigenvalue weighted by molar-refractivity contribution is 0.102. The Morgan fingerprint density at radius 2 is 1.76 bits per heavy atom. The molecule has 0 atom stereocenters. The van der Waals surface area contributed by atoms with E-state index in [1.807, 2.05) is 32.0 Å². The number of hydrogen-bond donors (Lipinski definition) is 4. The van der Waals surface area contributed by atoms with Crippen molar-refractivity contribution in [2.45, 2.75) is 39.2 Å². The highest BCUT2D eigenvalue weighted by atomic mass is 19.1. The van der Waals surface area contributed by atoms with Crippen LogP contribution in [0.15, 0.2) is 54.6 Å². The van der Waals surface area contributed by atoms with Gasteiger partial charge in [0.15, 0.2) is 5.82 Å². The van der Waals surface area contributed by atoms with Crippen LogP contribution in [0.1, 0.15) is 53.7 Å². The van der Waals surface area contributed by atoms with E-state index < -0.39 is 11.6 Å². The van der Waals surface area contributed by atoms with Crippen LogP contribution >= 0.6 is 0 Å². The number of hydrogen-bond acceptors (Lipinski definition) is 5. The number of aromatic nitrogens is 2. The van der Waals surface area contributed by atoms with Gasteiger partial charge in [0.2, 0.25) is 0 Å². The average Bonchev–Trinajstić information content (AvgIpc) is 3.31. The van der Waals surface area contributed by atoms with Crippen molar-refractivity contribution in [3.05, 3.63) is 88.5 Å². The van der Waals surface area contributed by atoms with E-state index in [1.54, 1.807) is 18.2 Å². The van der Waals surface area contributed by atoms with E-state index in [0.717, 1.165) is 37.6 Å². The van der Waals surface area contributed by atoms with Crippen LogP contribution in [0.25, 0.3) is 10.9 Å². The molecule has 5 rings (SSSR count). The number of benzene rings is 3. The van der Waals surface area contributed by atoms with Gasteiger partial charge in [-0.3, -0.25) is 9.89 Å². The molecule has 196 valence electrons. The summed E-state index contributed by atoms with van der Waals surface area (Å²) in [5.74, 6) is -1.27. The van der Waals surface area contributed by atoms with E-state index in [2.05, 4.69) is 32.2 Å². The van der Waals surface area contributed by atoms with Crippen LogP contribution in [0.4, 0.5) is 20.3 Å². The molecular weight excluding hydrogens is 486 g/mol. The number of piperidine rings is 1. The Hall–Kier alpha value is -4.29. The van der Waals surface area contributed by atoms with E-state index in [-0.39, 0.29) is 11.9 Å². The second-order valence-electron chi connectivity index (χ2n) is 8.90. The molecule has 38 heavy (non-hydrogen) atoms. The summed E-state index contributed by atoms with van der Waals surface area (Å²) in [6, 6.07) is 16.2. The van der Waals surface area contributed by atoms with Crippen molar-refractivity contribution in [1.29, 1.82) is 5.26 Å². The summed E-state index contributed by atoms with van der Waals surface area (Å²) in [5.41, 5.74) is 3.52. The fraction of sp³-hybridized carbons (Fsp3) is 0.276. The molecule has 7 nitrogen and oxygen atoms in total. The molecule has 1 aromatic heterocycles. The fourth-order valence-corrected chi connectivity index (χ4v) is 4.51. The maximum Gasteiger partial charge on any atom is 0.258 e. The summed E-state index contributed by atoms with van der Waals surface area (Å²) in [7, 11) is 0. The minimum atomic E-state index is -0.626. The number of carbonyl (C=O) groups is 1. The number of nitrogens with one attached hydrogen (secondary N) is 4. The predicted molar refractivity (Wildman–Crippen MR) is 145 cm³/mol. The summed E-state index contributed by atoms with van der Waals surface area (Å²) in [6.07, 6.45) is 2.16. The Morgan fingerprint density at radius 1 is 1.03 bits per heavy atom. The first kappa shape index (κ1) is 26.8. The van der Waals surface area contributed by atoms with Gasteiger partial charge in [-0.1, -0.05) is 19.9 Å². The molecular formula is C29H30F2N6O. The number of anilines is 2. The molecule has 2 heterocycles. The van der Waals surface area contributed by atoms with E-state index >= 15 is 0 Å². The Labute approximate surface area is 220 Å². The molecule has 0 aliphatic carbocycles. The number of halogens is 2. The lowest BCUT2D eigenvalue weighted by atomic mass is 10.0. The number of nitrogens with zero attached hydrogens (tertiary/aromatic N) is 2. The number of nitriles is 1. The molecule has 1 fully saturated rings. The van der Waals surface area contributed by atoms with E-state index in [1.165, 1.54) is 12.1 Å². The second-order valence-corrected chi connectivity index (χ2v) is 8.90. The molecule has 3 aromatic carbocycles. The van der Waals surface area contributed by atoms with E-state index in [4.69, 9.17) is 0 Å². The fourth-order valence-electron chi connectivity index (χ4n) is 4.51. The number of rotatable bonds is 6. The van der Waals surface area contributed by atoms with Gasteiger partial charge in [-0.05, 0) is 85.9 Å². The summed E-state index contributed by atoms with van der Waals surface area (Å²) < 4.78 is 27.2. The van der Waals surface area contributed by atoms with Gasteiger partial charge >= 0.3 is 0 Å². The van der Waals surface area contributed by atoms with Crippen molar-refractivity contribution in [2.24, 2.45) is 0 Å². The maximum absolute atomic E-state index is 13.6. The van der Waals surface area contributed by atoms with Gasteiger partial charge < -0.3 is 16.0 Å². The van der Waals surface area contributed by atoms with Crippen molar-refractivity contribution in [1.82, 2.24) is 15.5 Å². The van der Waals surface area contributed by atoms with Crippen LogP contribution in [0, 0.1) is 23.0 Å². The third-order valence-electron chi connectivity index (χ3n) is 6.28. The van der Waals surface area contributed by atoms with E-state index in [0.29, 0.717) is 45.5 Å². The normalized spacial score (nSPS) is 13.3. The highest BCUT2D eigenvalue weighted by Gasteiger charge is 2.19. The Balaban J connectivity index is 0.00000164. The van der Waals surface area contributed by atoms with Crippen LogP contribution in [0.3, 0.4) is 0 Å². The van der Waals surface area contributed by atoms with Gasteiger partial charge in [-0.25, -0.2) is 8.78 Å². The number of amides is 1. The van der Waals surface area contributed by atoms with Gasteiger partial charge in [0.25, 0.3) is 5.91 Å². The van der Waals surface area contributed by atoms with E-state index in [9.17, 15) is 18.8 Å². The van der Waals surface area contributed by atoms with Gasteiger partial charge in [0.05, 0.1) is 22.7 Å². The Bertz CT molecular complexity index is 1450. The monoisotopic (exact) mass is 516 g/mol. The van der Waals surface area contributed by atoms with Crippen molar-refractivity contribution in [2.75, 3.05) is 23.7 Å². The summed E-state index contributed by atoms with van der Waals surface area (Å²) in [6.45, 7) is 5.78. The van der Waals surface area contributed by atoms with Crippen LogP contribution in [-0.2, 0) is 6.42 Å². The van der Waals surface area contributed by atoms with Crippen LogP contribution in [-0.4, -0.2) is 35.2 Å². The largest absolute Gasteiger partial charge is 0.382 e. The Kier molecular flexibility index (Phi) is 8.66. The van der Waals surface area contributed by atoms with Crippen molar-refractivity contribution in [3.8, 4) is 6.07 Å². The van der Waals surface area contributed by atoms with Gasteiger partial charge in [-0.15, -0.1) is 0 Å². The highest BCUT2D eigenvalue weighted by Crippen LogP contribution is 2.26. The summed E-state index contributed by atoms with van der Waals surface area (Å²) >= 11 is 0. The number of H-pyrrole nitrogens is 1. The van der Waals surface area contributed by atoms with Gasteiger partial charge in [-0.2, -0.15) is 10.4 Å².